The van der Waals surface area contributed by atoms with E-state index < -0.39 is 12.0 Å². The van der Waals surface area contributed by atoms with Gasteiger partial charge in [-0.1, -0.05) is 29.8 Å². The first kappa shape index (κ1) is 16.2. The molecule has 4 rings (SSSR count). The smallest absolute Gasteiger partial charge is 0.480 e. The molecule has 3 heterocycles. The van der Waals surface area contributed by atoms with E-state index in [0.717, 1.165) is 16.3 Å². The molecule has 1 aromatic carbocycles. The van der Waals surface area contributed by atoms with Crippen molar-refractivity contribution in [3.8, 4) is 0 Å². The van der Waals surface area contributed by atoms with Gasteiger partial charge >= 0.3 is 24.8 Å². The molecule has 1 atom stereocenters. The minimum atomic E-state index is -1.06. The number of aromatic amines is 2. The zero-order valence-electron chi connectivity index (χ0n) is 13.0. The number of imidazole rings is 1. The average molecular weight is 316 g/mol. The maximum absolute atomic E-state index is 12.6. The summed E-state index contributed by atoms with van der Waals surface area (Å²) >= 11 is 0. The van der Waals surface area contributed by atoms with Gasteiger partial charge in [0.2, 0.25) is 0 Å². The fraction of sp³-hybridized carbons (Fsp3) is 0.125. The predicted octanol–water partition coefficient (Wildman–Crippen LogP) is -1.20. The van der Waals surface area contributed by atoms with Gasteiger partial charge in [0.05, 0.1) is 6.33 Å². The van der Waals surface area contributed by atoms with Gasteiger partial charge < -0.3 is 24.4 Å². The Labute approximate surface area is 147 Å². The van der Waals surface area contributed by atoms with Crippen molar-refractivity contribution in [3.63, 3.8) is 0 Å². The first-order valence-electron chi connectivity index (χ1n) is 7.13. The summed E-state index contributed by atoms with van der Waals surface area (Å²) in [6.07, 6.45) is 4.83. The minimum Gasteiger partial charge on any atom is -0.480 e. The Morgan fingerprint density at radius 1 is 1.38 bits per heavy atom. The molecule has 0 amide bonds. The number of para-hydroxylation sites is 1. The van der Waals surface area contributed by atoms with Crippen LogP contribution in [0.2, 0.25) is 0 Å². The maximum atomic E-state index is 12.6. The summed E-state index contributed by atoms with van der Waals surface area (Å²) in [6.45, 7) is 0. The van der Waals surface area contributed by atoms with E-state index in [9.17, 15) is 14.7 Å². The van der Waals surface area contributed by atoms with Crippen molar-refractivity contribution in [2.45, 2.75) is 12.5 Å². The molecule has 24 heavy (non-hydrogen) atoms. The molecule has 1 unspecified atom stereocenters. The third-order valence-electron chi connectivity index (χ3n) is 4.05. The first-order chi connectivity index (χ1) is 11.1. The number of carboxylic acid groups (broad SMARTS) is 1. The fourth-order valence-corrected chi connectivity index (χ4v) is 2.93. The van der Waals surface area contributed by atoms with Crippen molar-refractivity contribution < 1.29 is 28.8 Å². The summed E-state index contributed by atoms with van der Waals surface area (Å²) < 4.78 is 1.27. The van der Waals surface area contributed by atoms with E-state index in [1.54, 1.807) is 12.4 Å². The van der Waals surface area contributed by atoms with E-state index in [1.165, 1.54) is 10.9 Å². The van der Waals surface area contributed by atoms with Crippen LogP contribution < -0.4 is 24.4 Å². The molecule has 0 bridgehead atoms. The topological polar surface area (TPSA) is 104 Å². The molecule has 0 aliphatic rings. The van der Waals surface area contributed by atoms with Crippen LogP contribution in [0.1, 0.15) is 11.7 Å². The number of carbonyl (C=O) groups is 1. The van der Waals surface area contributed by atoms with Gasteiger partial charge in [0.1, 0.15) is 6.04 Å². The van der Waals surface area contributed by atoms with E-state index in [0.29, 0.717) is 11.2 Å². The number of nitrogens with one attached hydrogen (secondary N) is 2. The van der Waals surface area contributed by atoms with E-state index >= 15 is 0 Å². The molecule has 0 aliphatic heterocycles. The molecule has 7 nitrogen and oxygen atoms in total. The summed E-state index contributed by atoms with van der Waals surface area (Å²) in [5, 5.41) is 11.2. The van der Waals surface area contributed by atoms with Gasteiger partial charge in [-0.25, -0.2) is 4.98 Å². The SMILES string of the molecule is O=C(O)C(Cc1cnc[nH]1)n1[cH-]c2c([nH]c3ccccc32)c1=O.[Li+]. The standard InChI is InChI=1S/C16H13N4O3.Li/c21-15-14-11(10-3-1-2-4-12(10)19-14)7-20(15)13(16(22)23)5-9-6-17-8-18-9;/h1-4,6-8,13,19H,5H2,(H,17,18)(H,22,23);/q-1;+1. The molecule has 0 radical (unpaired) electrons. The monoisotopic (exact) mass is 316 g/mol. The van der Waals surface area contributed by atoms with Crippen LogP contribution >= 0.6 is 0 Å². The number of carboxylic acids is 1. The largest absolute Gasteiger partial charge is 1.00 e. The second-order valence-corrected chi connectivity index (χ2v) is 5.44. The number of hydrogen-bond acceptors (Lipinski definition) is 3. The van der Waals surface area contributed by atoms with Crippen molar-refractivity contribution in [1.29, 1.82) is 0 Å². The van der Waals surface area contributed by atoms with Gasteiger partial charge in [0, 0.05) is 18.3 Å². The molecule has 116 valence electrons. The number of fused-ring (bicyclic) bond motifs is 3. The molecule has 3 N–H and O–H groups in total. The second-order valence-electron chi connectivity index (χ2n) is 5.44. The molecule has 0 spiro atoms. The zero-order chi connectivity index (χ0) is 16.0. The number of H-pyrrole nitrogens is 2. The molecule has 0 fully saturated rings. The summed E-state index contributed by atoms with van der Waals surface area (Å²) in [7, 11) is 0. The van der Waals surface area contributed by atoms with Crippen LogP contribution in [0.25, 0.3) is 21.8 Å². The number of rotatable bonds is 4. The Hall–Kier alpha value is -2.62. The molecule has 0 saturated carbocycles. The Kier molecular flexibility index (Phi) is 4.14. The first-order valence-corrected chi connectivity index (χ1v) is 7.13. The Morgan fingerprint density at radius 2 is 2.17 bits per heavy atom. The molecule has 3 aromatic heterocycles. The molecular weight excluding hydrogens is 303 g/mol. The average Bonchev–Trinajstić information content (AvgIpc) is 3.23. The zero-order valence-corrected chi connectivity index (χ0v) is 13.0. The maximum Gasteiger partial charge on any atom is 1.00 e. The van der Waals surface area contributed by atoms with Gasteiger partial charge in [-0.15, -0.1) is 5.39 Å². The van der Waals surface area contributed by atoms with Crippen molar-refractivity contribution in [2.75, 3.05) is 0 Å². The number of nitrogens with zero attached hydrogens (tertiary/aromatic N) is 2. The summed E-state index contributed by atoms with van der Waals surface area (Å²) in [4.78, 5) is 34.1. The van der Waals surface area contributed by atoms with Gasteiger partial charge in [0.15, 0.2) is 5.56 Å². The fourth-order valence-electron chi connectivity index (χ4n) is 2.93. The number of benzene rings is 1. The van der Waals surface area contributed by atoms with Gasteiger partial charge in [0.25, 0.3) is 0 Å². The third kappa shape index (κ3) is 2.48. The van der Waals surface area contributed by atoms with Crippen LogP contribution in [-0.2, 0) is 11.2 Å². The van der Waals surface area contributed by atoms with E-state index in [4.69, 9.17) is 0 Å². The van der Waals surface area contributed by atoms with Crippen molar-refractivity contribution in [2.24, 2.45) is 0 Å². The Balaban J connectivity index is 0.00000169. The number of hydrogen-bond donors (Lipinski definition) is 3. The quantitative estimate of drug-likeness (QED) is 0.325. The van der Waals surface area contributed by atoms with E-state index in [1.807, 2.05) is 24.3 Å². The predicted molar refractivity (Wildman–Crippen MR) is 84.6 cm³/mol. The van der Waals surface area contributed by atoms with Gasteiger partial charge in [-0.05, 0) is 17.1 Å². The van der Waals surface area contributed by atoms with E-state index in [-0.39, 0.29) is 30.8 Å². The summed E-state index contributed by atoms with van der Waals surface area (Å²) in [5.41, 5.74) is 1.63. The van der Waals surface area contributed by atoms with Crippen molar-refractivity contribution in [1.82, 2.24) is 19.5 Å². The second kappa shape index (κ2) is 6.11. The van der Waals surface area contributed by atoms with Crippen molar-refractivity contribution >= 4 is 27.8 Å². The molecule has 0 aliphatic carbocycles. The van der Waals surface area contributed by atoms with Crippen LogP contribution in [0.5, 0.6) is 0 Å². The Morgan fingerprint density at radius 3 is 2.88 bits per heavy atom. The normalized spacial score (nSPS) is 12.3. The minimum absolute atomic E-state index is 0. The van der Waals surface area contributed by atoms with Gasteiger partial charge in [-0.3, -0.25) is 4.79 Å². The van der Waals surface area contributed by atoms with Crippen LogP contribution in [0.3, 0.4) is 0 Å². The van der Waals surface area contributed by atoms with Crippen LogP contribution in [0.15, 0.2) is 47.8 Å². The summed E-state index contributed by atoms with van der Waals surface area (Å²) in [6, 6.07) is 6.58. The van der Waals surface area contributed by atoms with E-state index in [2.05, 4.69) is 15.0 Å². The molecular formula is C16H13LiN4O3. The van der Waals surface area contributed by atoms with Crippen molar-refractivity contribution in [3.05, 3.63) is 59.0 Å². The Bertz CT molecular complexity index is 1060. The van der Waals surface area contributed by atoms with Crippen LogP contribution in [0.4, 0.5) is 0 Å². The van der Waals surface area contributed by atoms with Crippen LogP contribution in [0, 0.1) is 0 Å². The molecule has 4 aromatic rings. The number of aliphatic carboxylic acids is 1. The molecule has 0 saturated heterocycles. The molecule has 8 heteroatoms. The van der Waals surface area contributed by atoms with Crippen LogP contribution in [-0.4, -0.2) is 30.6 Å². The third-order valence-corrected chi connectivity index (χ3v) is 4.05. The number of aromatic nitrogens is 4. The van der Waals surface area contributed by atoms with Gasteiger partial charge in [-0.2, -0.15) is 0 Å². The summed E-state index contributed by atoms with van der Waals surface area (Å²) in [5.74, 6) is -1.06.